The van der Waals surface area contributed by atoms with Crippen LogP contribution in [0.3, 0.4) is 0 Å². The Bertz CT molecular complexity index is 471. The minimum atomic E-state index is -0.781. The van der Waals surface area contributed by atoms with Crippen molar-refractivity contribution in [3.63, 3.8) is 0 Å². The van der Waals surface area contributed by atoms with Gasteiger partial charge in [0.25, 0.3) is 0 Å². The number of rotatable bonds is 4. The van der Waals surface area contributed by atoms with Crippen LogP contribution < -0.4 is 0 Å². The van der Waals surface area contributed by atoms with Crippen LogP contribution in [0.2, 0.25) is 0 Å². The maximum absolute atomic E-state index is 10.5. The molecule has 0 radical (unpaired) electrons. The van der Waals surface area contributed by atoms with E-state index in [1.165, 1.54) is 9.75 Å². The molecule has 0 fully saturated rings. The summed E-state index contributed by atoms with van der Waals surface area (Å²) < 4.78 is 0. The maximum Gasteiger partial charge on any atom is 0.0916 e. The molecule has 0 aliphatic rings. The maximum atomic E-state index is 10.5. The van der Waals surface area contributed by atoms with Gasteiger partial charge >= 0.3 is 0 Å². The third kappa shape index (κ3) is 2.96. The van der Waals surface area contributed by atoms with Crippen LogP contribution in [0, 0.1) is 0 Å². The largest absolute Gasteiger partial charge is 0.385 e. The van der Waals surface area contributed by atoms with E-state index < -0.39 is 5.60 Å². The molecule has 1 N–H and O–H groups in total. The zero-order chi connectivity index (χ0) is 12.3. The Morgan fingerprint density at radius 3 is 2.29 bits per heavy atom. The SMILES string of the molecule is CCc1ccc(CC(C)(O)c2ccccc2)s1. The Morgan fingerprint density at radius 2 is 1.71 bits per heavy atom. The molecular weight excluding hydrogens is 228 g/mol. The van der Waals surface area contributed by atoms with Crippen LogP contribution >= 0.6 is 11.3 Å². The third-order valence-electron chi connectivity index (χ3n) is 2.98. The zero-order valence-electron chi connectivity index (χ0n) is 10.3. The molecule has 0 spiro atoms. The molecule has 0 aliphatic carbocycles. The standard InChI is InChI=1S/C15H18OS/c1-3-13-9-10-14(17-13)11-15(2,16)12-7-5-4-6-8-12/h4-10,16H,3,11H2,1-2H3. The summed E-state index contributed by atoms with van der Waals surface area (Å²) in [6.45, 7) is 4.04. The Kier molecular flexibility index (Phi) is 3.65. The first-order chi connectivity index (χ1) is 8.12. The molecule has 17 heavy (non-hydrogen) atoms. The fourth-order valence-electron chi connectivity index (χ4n) is 1.95. The van der Waals surface area contributed by atoms with Gasteiger partial charge in [0.05, 0.1) is 5.60 Å². The molecule has 2 aromatic rings. The zero-order valence-corrected chi connectivity index (χ0v) is 11.1. The Hall–Kier alpha value is -1.12. The third-order valence-corrected chi connectivity index (χ3v) is 4.21. The predicted molar refractivity (Wildman–Crippen MR) is 73.4 cm³/mol. The van der Waals surface area contributed by atoms with Crippen molar-refractivity contribution < 1.29 is 5.11 Å². The van der Waals surface area contributed by atoms with Crippen molar-refractivity contribution in [2.75, 3.05) is 0 Å². The highest BCUT2D eigenvalue weighted by Gasteiger charge is 2.23. The molecule has 0 bridgehead atoms. The van der Waals surface area contributed by atoms with E-state index in [1.807, 2.05) is 37.3 Å². The molecule has 1 unspecified atom stereocenters. The molecule has 0 saturated carbocycles. The summed E-state index contributed by atoms with van der Waals surface area (Å²) in [6, 6.07) is 14.1. The number of hydrogen-bond acceptors (Lipinski definition) is 2. The van der Waals surface area contributed by atoms with Gasteiger partial charge in [-0.05, 0) is 31.0 Å². The van der Waals surface area contributed by atoms with Gasteiger partial charge in [-0.25, -0.2) is 0 Å². The first-order valence-corrected chi connectivity index (χ1v) is 6.79. The topological polar surface area (TPSA) is 20.2 Å². The van der Waals surface area contributed by atoms with E-state index in [0.717, 1.165) is 12.0 Å². The lowest BCUT2D eigenvalue weighted by molar-refractivity contribution is 0.0585. The predicted octanol–water partition coefficient (Wildman–Crippen LogP) is 3.76. The lowest BCUT2D eigenvalue weighted by Crippen LogP contribution is -2.23. The van der Waals surface area contributed by atoms with Gasteiger partial charge in [-0.1, -0.05) is 37.3 Å². The molecule has 90 valence electrons. The molecule has 1 nitrogen and oxygen atoms in total. The van der Waals surface area contributed by atoms with Gasteiger partial charge in [-0.3, -0.25) is 0 Å². The number of aliphatic hydroxyl groups is 1. The van der Waals surface area contributed by atoms with Gasteiger partial charge in [0.2, 0.25) is 0 Å². The molecule has 2 heteroatoms. The Balaban J connectivity index is 2.17. The van der Waals surface area contributed by atoms with Crippen molar-refractivity contribution in [2.45, 2.75) is 32.3 Å². The van der Waals surface area contributed by atoms with Crippen LogP contribution in [0.25, 0.3) is 0 Å². The van der Waals surface area contributed by atoms with Crippen molar-refractivity contribution in [2.24, 2.45) is 0 Å². The minimum absolute atomic E-state index is 0.682. The summed E-state index contributed by atoms with van der Waals surface area (Å²) in [5, 5.41) is 10.5. The highest BCUT2D eigenvalue weighted by atomic mass is 32.1. The van der Waals surface area contributed by atoms with Crippen molar-refractivity contribution in [1.29, 1.82) is 0 Å². The van der Waals surface area contributed by atoms with E-state index in [0.29, 0.717) is 6.42 Å². The molecule has 0 amide bonds. The van der Waals surface area contributed by atoms with Gasteiger partial charge < -0.3 is 5.11 Å². The van der Waals surface area contributed by atoms with Gasteiger partial charge in [-0.2, -0.15) is 0 Å². The fraction of sp³-hybridized carbons (Fsp3) is 0.333. The second-order valence-electron chi connectivity index (χ2n) is 4.54. The van der Waals surface area contributed by atoms with Gasteiger partial charge in [0.15, 0.2) is 0 Å². The first-order valence-electron chi connectivity index (χ1n) is 5.97. The van der Waals surface area contributed by atoms with E-state index in [-0.39, 0.29) is 0 Å². The number of aryl methyl sites for hydroxylation is 1. The van der Waals surface area contributed by atoms with Crippen LogP contribution in [0.1, 0.15) is 29.2 Å². The Morgan fingerprint density at radius 1 is 1.06 bits per heavy atom. The number of benzene rings is 1. The lowest BCUT2D eigenvalue weighted by atomic mass is 9.92. The quantitative estimate of drug-likeness (QED) is 0.871. The molecule has 1 atom stereocenters. The van der Waals surface area contributed by atoms with Crippen LogP contribution in [0.5, 0.6) is 0 Å². The smallest absolute Gasteiger partial charge is 0.0916 e. The molecule has 1 aromatic carbocycles. The normalized spacial score (nSPS) is 14.5. The van der Waals surface area contributed by atoms with Gasteiger partial charge in [-0.15, -0.1) is 11.3 Å². The van der Waals surface area contributed by atoms with E-state index in [1.54, 1.807) is 11.3 Å². The highest BCUT2D eigenvalue weighted by molar-refractivity contribution is 7.12. The number of hydrogen-bond donors (Lipinski definition) is 1. The van der Waals surface area contributed by atoms with Crippen LogP contribution in [0.15, 0.2) is 42.5 Å². The molecule has 0 aliphatic heterocycles. The lowest BCUT2D eigenvalue weighted by Gasteiger charge is -2.23. The van der Waals surface area contributed by atoms with Crippen molar-refractivity contribution in [1.82, 2.24) is 0 Å². The van der Waals surface area contributed by atoms with Crippen LogP contribution in [-0.2, 0) is 18.4 Å². The summed E-state index contributed by atoms with van der Waals surface area (Å²) in [5.74, 6) is 0. The highest BCUT2D eigenvalue weighted by Crippen LogP contribution is 2.28. The van der Waals surface area contributed by atoms with E-state index >= 15 is 0 Å². The average Bonchev–Trinajstić information content (AvgIpc) is 2.77. The second kappa shape index (κ2) is 5.03. The summed E-state index contributed by atoms with van der Waals surface area (Å²) in [7, 11) is 0. The second-order valence-corrected chi connectivity index (χ2v) is 5.79. The summed E-state index contributed by atoms with van der Waals surface area (Å²) in [6.07, 6.45) is 1.75. The van der Waals surface area contributed by atoms with E-state index in [2.05, 4.69) is 19.1 Å². The van der Waals surface area contributed by atoms with E-state index in [9.17, 15) is 5.11 Å². The fourth-order valence-corrected chi connectivity index (χ4v) is 3.05. The van der Waals surface area contributed by atoms with Crippen molar-refractivity contribution in [3.8, 4) is 0 Å². The average molecular weight is 246 g/mol. The molecule has 1 heterocycles. The Labute approximate surface area is 107 Å². The van der Waals surface area contributed by atoms with Crippen molar-refractivity contribution >= 4 is 11.3 Å². The summed E-state index contributed by atoms with van der Waals surface area (Å²) >= 11 is 1.79. The van der Waals surface area contributed by atoms with Crippen molar-refractivity contribution in [3.05, 3.63) is 57.8 Å². The molecular formula is C15H18OS. The summed E-state index contributed by atoms with van der Waals surface area (Å²) in [4.78, 5) is 2.62. The first kappa shape index (κ1) is 12.3. The molecule has 2 rings (SSSR count). The van der Waals surface area contributed by atoms with E-state index in [4.69, 9.17) is 0 Å². The minimum Gasteiger partial charge on any atom is -0.385 e. The van der Waals surface area contributed by atoms with Gasteiger partial charge in [0, 0.05) is 16.2 Å². The van der Waals surface area contributed by atoms with Gasteiger partial charge in [0.1, 0.15) is 0 Å². The monoisotopic (exact) mass is 246 g/mol. The molecule has 1 aromatic heterocycles. The molecule has 0 saturated heterocycles. The number of thiophene rings is 1. The van der Waals surface area contributed by atoms with Crippen LogP contribution in [-0.4, -0.2) is 5.11 Å². The summed E-state index contributed by atoms with van der Waals surface area (Å²) in [5.41, 5.74) is 0.198. The van der Waals surface area contributed by atoms with Crippen LogP contribution in [0.4, 0.5) is 0 Å².